The van der Waals surface area contributed by atoms with Gasteiger partial charge in [-0.1, -0.05) is 0 Å². The first-order chi connectivity index (χ1) is 9.74. The van der Waals surface area contributed by atoms with E-state index in [0.717, 1.165) is 58.1 Å². The second-order valence-electron chi connectivity index (χ2n) is 4.27. The van der Waals surface area contributed by atoms with E-state index in [1.54, 1.807) is 0 Å². The van der Waals surface area contributed by atoms with Gasteiger partial charge in [-0.25, -0.2) is 0 Å². The number of hydrogen-bond acceptors (Lipinski definition) is 4. The normalized spacial score (nSPS) is 10.7. The number of guanidine groups is 1. The number of ether oxygens (including phenoxy) is 2. The Balaban J connectivity index is 0. The minimum atomic E-state index is -0.151. The van der Waals surface area contributed by atoms with Crippen molar-refractivity contribution in [2.75, 3.05) is 40.0 Å². The molecule has 0 saturated heterocycles. The maximum Gasteiger partial charge on any atom is 0.305 e. The summed E-state index contributed by atoms with van der Waals surface area (Å²) in [4.78, 5) is 15.4. The number of methoxy groups -OCH3 is 1. The largest absolute Gasteiger partial charge is 0.469 e. The second-order valence-corrected chi connectivity index (χ2v) is 4.27. The van der Waals surface area contributed by atoms with Crippen molar-refractivity contribution in [1.82, 2.24) is 10.6 Å². The summed E-state index contributed by atoms with van der Waals surface area (Å²) >= 11 is 0. The summed E-state index contributed by atoms with van der Waals surface area (Å²) in [6.07, 6.45) is 3.13. The zero-order valence-electron chi connectivity index (χ0n) is 13.4. The summed E-state index contributed by atoms with van der Waals surface area (Å²) in [7, 11) is 1.42. The molecule has 21 heavy (non-hydrogen) atoms. The van der Waals surface area contributed by atoms with Crippen LogP contribution in [0.5, 0.6) is 0 Å². The molecule has 0 aliphatic carbocycles. The Morgan fingerprint density at radius 1 is 1.14 bits per heavy atom. The van der Waals surface area contributed by atoms with Gasteiger partial charge in [0.15, 0.2) is 5.96 Å². The highest BCUT2D eigenvalue weighted by molar-refractivity contribution is 14.0. The maximum atomic E-state index is 10.9. The molecule has 0 unspecified atom stereocenters. The lowest BCUT2D eigenvalue weighted by Crippen LogP contribution is -2.38. The van der Waals surface area contributed by atoms with Gasteiger partial charge in [0.2, 0.25) is 0 Å². The van der Waals surface area contributed by atoms with Crippen LogP contribution in [-0.4, -0.2) is 51.9 Å². The molecule has 0 radical (unpaired) electrons. The van der Waals surface area contributed by atoms with Crippen molar-refractivity contribution in [2.45, 2.75) is 39.5 Å². The van der Waals surface area contributed by atoms with E-state index < -0.39 is 0 Å². The number of nitrogens with one attached hydrogen (secondary N) is 2. The molecule has 0 heterocycles. The molecule has 0 bridgehead atoms. The molecule has 2 N–H and O–H groups in total. The first-order valence-corrected chi connectivity index (χ1v) is 7.41. The van der Waals surface area contributed by atoms with Crippen molar-refractivity contribution in [3.05, 3.63) is 0 Å². The van der Waals surface area contributed by atoms with Crippen molar-refractivity contribution in [3.63, 3.8) is 0 Å². The lowest BCUT2D eigenvalue weighted by Gasteiger charge is -2.11. The van der Waals surface area contributed by atoms with E-state index in [-0.39, 0.29) is 29.9 Å². The molecule has 0 atom stereocenters. The molecule has 6 nitrogen and oxygen atoms in total. The van der Waals surface area contributed by atoms with Crippen LogP contribution in [0, 0.1) is 0 Å². The fraction of sp³-hybridized carbons (Fsp3) is 0.857. The van der Waals surface area contributed by atoms with Gasteiger partial charge in [-0.3, -0.25) is 9.79 Å². The molecule has 7 heteroatoms. The van der Waals surface area contributed by atoms with Gasteiger partial charge in [0.25, 0.3) is 0 Å². The maximum absolute atomic E-state index is 10.9. The number of halogens is 1. The van der Waals surface area contributed by atoms with Crippen molar-refractivity contribution >= 4 is 35.9 Å². The van der Waals surface area contributed by atoms with E-state index in [9.17, 15) is 4.79 Å². The zero-order valence-corrected chi connectivity index (χ0v) is 15.8. The first kappa shape index (κ1) is 22.7. The summed E-state index contributed by atoms with van der Waals surface area (Å²) in [5.74, 6) is 0.670. The molecule has 126 valence electrons. The number of unbranched alkanes of at least 4 members (excludes halogenated alkanes) is 1. The van der Waals surface area contributed by atoms with Crippen LogP contribution in [0.3, 0.4) is 0 Å². The molecular weight excluding hydrogens is 385 g/mol. The molecule has 0 aromatic carbocycles. The van der Waals surface area contributed by atoms with Crippen LogP contribution in [0.15, 0.2) is 4.99 Å². The number of carbonyl (C=O) groups excluding carboxylic acids is 1. The third kappa shape index (κ3) is 15.6. The van der Waals surface area contributed by atoms with E-state index in [1.165, 1.54) is 7.11 Å². The summed E-state index contributed by atoms with van der Waals surface area (Å²) < 4.78 is 9.86. The highest BCUT2D eigenvalue weighted by Gasteiger charge is 2.00. The third-order valence-corrected chi connectivity index (χ3v) is 2.59. The number of rotatable bonds is 11. The summed E-state index contributed by atoms with van der Waals surface area (Å²) in [6, 6.07) is 0. The topological polar surface area (TPSA) is 72.0 Å². The van der Waals surface area contributed by atoms with E-state index in [2.05, 4.69) is 20.4 Å². The molecule has 0 spiro atoms. The van der Waals surface area contributed by atoms with Crippen LogP contribution in [0.25, 0.3) is 0 Å². The van der Waals surface area contributed by atoms with Gasteiger partial charge in [-0.15, -0.1) is 24.0 Å². The molecule has 0 rings (SSSR count). The minimum absolute atomic E-state index is 0. The number of hydrogen-bond donors (Lipinski definition) is 2. The molecule has 0 aliphatic heterocycles. The van der Waals surface area contributed by atoms with E-state index in [1.807, 2.05) is 13.8 Å². The highest BCUT2D eigenvalue weighted by atomic mass is 127. The fourth-order valence-corrected chi connectivity index (χ4v) is 1.55. The third-order valence-electron chi connectivity index (χ3n) is 2.59. The Morgan fingerprint density at radius 2 is 1.90 bits per heavy atom. The Labute approximate surface area is 145 Å². The van der Waals surface area contributed by atoms with Crippen LogP contribution in [0.1, 0.15) is 39.5 Å². The smallest absolute Gasteiger partial charge is 0.305 e. The molecule has 0 fully saturated rings. The lowest BCUT2D eigenvalue weighted by molar-refractivity contribution is -0.140. The predicted molar refractivity (Wildman–Crippen MR) is 96.4 cm³/mol. The van der Waals surface area contributed by atoms with Gasteiger partial charge in [0, 0.05) is 39.3 Å². The fourth-order valence-electron chi connectivity index (χ4n) is 1.55. The van der Waals surface area contributed by atoms with Gasteiger partial charge in [0.1, 0.15) is 0 Å². The van der Waals surface area contributed by atoms with Crippen LogP contribution >= 0.6 is 24.0 Å². The Kier molecular flexibility index (Phi) is 18.9. The molecular formula is C14H30IN3O3. The Hall–Kier alpha value is -0.570. The number of aliphatic imine (C=N–C) groups is 1. The lowest BCUT2D eigenvalue weighted by atomic mass is 10.2. The van der Waals surface area contributed by atoms with E-state index in [4.69, 9.17) is 4.74 Å². The number of carbonyl (C=O) groups is 1. The first-order valence-electron chi connectivity index (χ1n) is 7.41. The van der Waals surface area contributed by atoms with Crippen LogP contribution in [0.2, 0.25) is 0 Å². The highest BCUT2D eigenvalue weighted by Crippen LogP contribution is 1.95. The van der Waals surface area contributed by atoms with Gasteiger partial charge >= 0.3 is 5.97 Å². The molecule has 0 aliphatic rings. The van der Waals surface area contributed by atoms with Gasteiger partial charge in [-0.2, -0.15) is 0 Å². The van der Waals surface area contributed by atoms with E-state index >= 15 is 0 Å². The van der Waals surface area contributed by atoms with Crippen molar-refractivity contribution in [3.8, 4) is 0 Å². The summed E-state index contributed by atoms with van der Waals surface area (Å²) in [5, 5.41) is 6.44. The van der Waals surface area contributed by atoms with E-state index in [0.29, 0.717) is 6.42 Å². The molecule has 0 aromatic rings. The van der Waals surface area contributed by atoms with Crippen LogP contribution < -0.4 is 10.6 Å². The monoisotopic (exact) mass is 415 g/mol. The zero-order chi connectivity index (χ0) is 15.1. The predicted octanol–water partition coefficient (Wildman–Crippen LogP) is 1.93. The van der Waals surface area contributed by atoms with Crippen molar-refractivity contribution < 1.29 is 14.3 Å². The van der Waals surface area contributed by atoms with Crippen LogP contribution in [0.4, 0.5) is 0 Å². The summed E-state index contributed by atoms with van der Waals surface area (Å²) in [6.45, 7) is 7.91. The van der Waals surface area contributed by atoms with Crippen molar-refractivity contribution in [1.29, 1.82) is 0 Å². The number of nitrogens with zero attached hydrogens (tertiary/aromatic N) is 1. The van der Waals surface area contributed by atoms with Gasteiger partial charge in [0.05, 0.1) is 7.11 Å². The number of esters is 1. The molecule has 0 amide bonds. The van der Waals surface area contributed by atoms with Gasteiger partial charge < -0.3 is 20.1 Å². The molecule has 0 saturated carbocycles. The van der Waals surface area contributed by atoms with Crippen LogP contribution in [-0.2, 0) is 14.3 Å². The molecule has 0 aromatic heterocycles. The second kappa shape index (κ2) is 17.5. The minimum Gasteiger partial charge on any atom is -0.469 e. The van der Waals surface area contributed by atoms with Crippen molar-refractivity contribution in [2.24, 2.45) is 4.99 Å². The Morgan fingerprint density at radius 3 is 2.52 bits per heavy atom. The average Bonchev–Trinajstić information content (AvgIpc) is 2.46. The average molecular weight is 415 g/mol. The quantitative estimate of drug-likeness (QED) is 0.177. The summed E-state index contributed by atoms with van der Waals surface area (Å²) in [5.41, 5.74) is 0. The Bertz CT molecular complexity index is 276. The van der Waals surface area contributed by atoms with Gasteiger partial charge in [-0.05, 0) is 33.1 Å². The standard InChI is InChI=1S/C14H29N3O3.HI/c1-4-15-14(17-11-8-12-20-5-2)16-10-7-6-9-13(18)19-3;/h4-12H2,1-3H3,(H2,15,16,17);1H. The SMILES string of the molecule is CCNC(=NCCCOCC)NCCCCC(=O)OC.I.